The van der Waals surface area contributed by atoms with E-state index in [1.807, 2.05) is 6.07 Å². The third kappa shape index (κ3) is 3.25. The molecule has 2 aliphatic carbocycles. The molecular weight excluding hydrogens is 305 g/mol. The molecule has 0 heterocycles. The average Bonchev–Trinajstić information content (AvgIpc) is 2.78. The molecule has 1 aromatic carbocycles. The number of alkyl halides is 3. The van der Waals surface area contributed by atoms with Gasteiger partial charge in [0, 0.05) is 7.11 Å². The first kappa shape index (κ1) is 16.4. The molecule has 1 fully saturated rings. The predicted molar refractivity (Wildman–Crippen MR) is 82.4 cm³/mol. The molecule has 0 N–H and O–H groups in total. The van der Waals surface area contributed by atoms with Crippen molar-refractivity contribution in [3.8, 4) is 5.75 Å². The summed E-state index contributed by atoms with van der Waals surface area (Å²) in [5.41, 5.74) is 3.20. The Morgan fingerprint density at radius 2 is 1.96 bits per heavy atom. The summed E-state index contributed by atoms with van der Waals surface area (Å²) in [6, 6.07) is 5.21. The van der Waals surface area contributed by atoms with Crippen LogP contribution in [0.2, 0.25) is 0 Å². The van der Waals surface area contributed by atoms with E-state index in [0.717, 1.165) is 48.8 Å². The molecule has 0 bridgehead atoms. The maximum Gasteiger partial charge on any atom is 0.422 e. The van der Waals surface area contributed by atoms with E-state index >= 15 is 0 Å². The van der Waals surface area contributed by atoms with Gasteiger partial charge >= 0.3 is 6.18 Å². The molecule has 0 saturated heterocycles. The van der Waals surface area contributed by atoms with Crippen LogP contribution in [0.15, 0.2) is 24.8 Å². The molecule has 1 saturated carbocycles. The number of rotatable bonds is 3. The van der Waals surface area contributed by atoms with Gasteiger partial charge in [0.05, 0.1) is 6.10 Å². The largest absolute Gasteiger partial charge is 0.484 e. The molecule has 5 heteroatoms. The standard InChI is InChI=1S/C18H21F3O2/c1-12-16-9-15(23-11-18(19,20)21)4-3-13(16)10-17(12)7-5-14(22-2)6-8-17/h3-4,9,14H,1,5-8,10-11H2,2H3. The molecule has 0 aromatic heterocycles. The number of halogens is 3. The molecule has 3 rings (SSSR count). The van der Waals surface area contributed by atoms with Crippen LogP contribution in [0, 0.1) is 5.41 Å². The molecule has 0 radical (unpaired) electrons. The van der Waals surface area contributed by atoms with Crippen LogP contribution in [0.3, 0.4) is 0 Å². The zero-order chi connectivity index (χ0) is 16.7. The van der Waals surface area contributed by atoms with Gasteiger partial charge in [-0.05, 0) is 66.4 Å². The maximum atomic E-state index is 12.3. The Bertz CT molecular complexity index is 599. The Morgan fingerprint density at radius 1 is 1.26 bits per heavy atom. The highest BCUT2D eigenvalue weighted by atomic mass is 19.4. The molecular formula is C18H21F3O2. The van der Waals surface area contributed by atoms with Crippen molar-refractivity contribution in [2.45, 2.75) is 44.4 Å². The van der Waals surface area contributed by atoms with Gasteiger partial charge in [0.1, 0.15) is 5.75 Å². The lowest BCUT2D eigenvalue weighted by molar-refractivity contribution is -0.153. The number of methoxy groups -OCH3 is 1. The topological polar surface area (TPSA) is 18.5 Å². The minimum Gasteiger partial charge on any atom is -0.484 e. The van der Waals surface area contributed by atoms with Gasteiger partial charge in [-0.2, -0.15) is 13.2 Å². The van der Waals surface area contributed by atoms with E-state index in [-0.39, 0.29) is 11.2 Å². The average molecular weight is 326 g/mol. The number of hydrogen-bond acceptors (Lipinski definition) is 2. The van der Waals surface area contributed by atoms with Crippen LogP contribution in [-0.4, -0.2) is 26.0 Å². The van der Waals surface area contributed by atoms with Crippen LogP contribution in [0.25, 0.3) is 5.57 Å². The summed E-state index contributed by atoms with van der Waals surface area (Å²) in [6.07, 6.45) is 0.924. The van der Waals surface area contributed by atoms with Crippen molar-refractivity contribution in [3.63, 3.8) is 0 Å². The fraction of sp³-hybridized carbons (Fsp3) is 0.556. The van der Waals surface area contributed by atoms with Gasteiger partial charge in [-0.1, -0.05) is 12.6 Å². The SMILES string of the molecule is C=C1c2cc(OCC(F)(F)F)ccc2CC12CCC(OC)CC2. The van der Waals surface area contributed by atoms with Gasteiger partial charge < -0.3 is 9.47 Å². The zero-order valence-corrected chi connectivity index (χ0v) is 13.2. The third-order valence-electron chi connectivity index (χ3n) is 5.20. The van der Waals surface area contributed by atoms with E-state index in [2.05, 4.69) is 6.58 Å². The fourth-order valence-corrected chi connectivity index (χ4v) is 3.86. The van der Waals surface area contributed by atoms with Crippen LogP contribution < -0.4 is 4.74 Å². The first-order valence-corrected chi connectivity index (χ1v) is 7.88. The van der Waals surface area contributed by atoms with Crippen LogP contribution in [0.4, 0.5) is 13.2 Å². The summed E-state index contributed by atoms with van der Waals surface area (Å²) in [6.45, 7) is 2.99. The van der Waals surface area contributed by atoms with Gasteiger partial charge in [-0.15, -0.1) is 0 Å². The van der Waals surface area contributed by atoms with Gasteiger partial charge in [0.25, 0.3) is 0 Å². The summed E-state index contributed by atoms with van der Waals surface area (Å²) in [4.78, 5) is 0. The van der Waals surface area contributed by atoms with E-state index in [1.54, 1.807) is 19.2 Å². The lowest BCUT2D eigenvalue weighted by Crippen LogP contribution is -2.30. The molecule has 0 amide bonds. The van der Waals surface area contributed by atoms with E-state index < -0.39 is 12.8 Å². The minimum absolute atomic E-state index is 0.0417. The van der Waals surface area contributed by atoms with E-state index in [4.69, 9.17) is 9.47 Å². The molecule has 0 atom stereocenters. The zero-order valence-electron chi connectivity index (χ0n) is 13.2. The van der Waals surface area contributed by atoms with Gasteiger partial charge in [0.2, 0.25) is 0 Å². The van der Waals surface area contributed by atoms with Crippen molar-refractivity contribution in [2.75, 3.05) is 13.7 Å². The van der Waals surface area contributed by atoms with Crippen LogP contribution in [0.5, 0.6) is 5.75 Å². The third-order valence-corrected chi connectivity index (χ3v) is 5.20. The Morgan fingerprint density at radius 3 is 2.57 bits per heavy atom. The lowest BCUT2D eigenvalue weighted by Gasteiger charge is -2.37. The second-order valence-corrected chi connectivity index (χ2v) is 6.59. The number of fused-ring (bicyclic) bond motifs is 1. The molecule has 2 nitrogen and oxygen atoms in total. The van der Waals surface area contributed by atoms with E-state index in [0.29, 0.717) is 6.10 Å². The second kappa shape index (κ2) is 5.86. The van der Waals surface area contributed by atoms with Crippen molar-refractivity contribution in [3.05, 3.63) is 35.9 Å². The molecule has 23 heavy (non-hydrogen) atoms. The Hall–Kier alpha value is -1.49. The monoisotopic (exact) mass is 326 g/mol. The van der Waals surface area contributed by atoms with Crippen molar-refractivity contribution in [2.24, 2.45) is 5.41 Å². The number of hydrogen-bond donors (Lipinski definition) is 0. The fourth-order valence-electron chi connectivity index (χ4n) is 3.86. The van der Waals surface area contributed by atoms with Gasteiger partial charge in [-0.25, -0.2) is 0 Å². The Balaban J connectivity index is 1.75. The molecule has 2 aliphatic rings. The first-order valence-electron chi connectivity index (χ1n) is 7.88. The highest BCUT2D eigenvalue weighted by molar-refractivity contribution is 5.77. The van der Waals surface area contributed by atoms with Crippen LogP contribution in [0.1, 0.15) is 36.8 Å². The van der Waals surface area contributed by atoms with Crippen molar-refractivity contribution in [1.82, 2.24) is 0 Å². The number of ether oxygens (including phenoxy) is 2. The summed E-state index contributed by atoms with van der Waals surface area (Å²) in [5.74, 6) is 0.254. The smallest absolute Gasteiger partial charge is 0.422 e. The summed E-state index contributed by atoms with van der Waals surface area (Å²) >= 11 is 0. The van der Waals surface area contributed by atoms with Crippen molar-refractivity contribution >= 4 is 5.57 Å². The van der Waals surface area contributed by atoms with E-state index in [9.17, 15) is 13.2 Å². The Labute approximate surface area is 134 Å². The normalized spacial score (nSPS) is 27.3. The first-order chi connectivity index (χ1) is 10.8. The summed E-state index contributed by atoms with van der Waals surface area (Å²) in [5, 5.41) is 0. The summed E-state index contributed by atoms with van der Waals surface area (Å²) < 4.78 is 47.2. The molecule has 126 valence electrons. The molecule has 0 unspecified atom stereocenters. The number of allylic oxidation sites excluding steroid dienone is 1. The predicted octanol–water partition coefficient (Wildman–Crippen LogP) is 4.77. The van der Waals surface area contributed by atoms with Crippen molar-refractivity contribution < 1.29 is 22.6 Å². The molecule has 1 spiro atoms. The quantitative estimate of drug-likeness (QED) is 0.796. The minimum atomic E-state index is -4.32. The highest BCUT2D eigenvalue weighted by Crippen LogP contribution is 2.54. The summed E-state index contributed by atoms with van der Waals surface area (Å²) in [7, 11) is 1.74. The molecule has 1 aromatic rings. The van der Waals surface area contributed by atoms with Gasteiger partial charge in [0.15, 0.2) is 6.61 Å². The van der Waals surface area contributed by atoms with Gasteiger partial charge in [-0.3, -0.25) is 0 Å². The van der Waals surface area contributed by atoms with Crippen LogP contribution >= 0.6 is 0 Å². The lowest BCUT2D eigenvalue weighted by atomic mass is 9.69. The highest BCUT2D eigenvalue weighted by Gasteiger charge is 2.43. The Kier molecular flexibility index (Phi) is 4.17. The van der Waals surface area contributed by atoms with Crippen molar-refractivity contribution in [1.29, 1.82) is 0 Å². The maximum absolute atomic E-state index is 12.3. The number of benzene rings is 1. The molecule has 0 aliphatic heterocycles. The van der Waals surface area contributed by atoms with E-state index in [1.165, 1.54) is 0 Å². The second-order valence-electron chi connectivity index (χ2n) is 6.59. The van der Waals surface area contributed by atoms with Crippen LogP contribution in [-0.2, 0) is 11.2 Å².